The number of nitrogens with one attached hydrogen (secondary N) is 1. The molecule has 0 spiro atoms. The lowest BCUT2D eigenvalue weighted by atomic mass is 9.86. The van der Waals surface area contributed by atoms with Crippen LogP contribution in [-0.4, -0.2) is 4.98 Å². The van der Waals surface area contributed by atoms with Gasteiger partial charge in [-0.05, 0) is 23.6 Å². The molecule has 0 fully saturated rings. The summed E-state index contributed by atoms with van der Waals surface area (Å²) in [7, 11) is 0. The Kier molecular flexibility index (Phi) is 3.21. The van der Waals surface area contributed by atoms with Gasteiger partial charge in [-0.3, -0.25) is 4.98 Å². The van der Waals surface area contributed by atoms with Crippen LogP contribution in [-0.2, 0) is 0 Å². The minimum atomic E-state index is -0.489. The van der Waals surface area contributed by atoms with E-state index in [0.717, 1.165) is 5.56 Å². The van der Waals surface area contributed by atoms with Crippen LogP contribution in [0.4, 0.5) is 0 Å². The lowest BCUT2D eigenvalue weighted by Gasteiger charge is -2.21. The highest BCUT2D eigenvalue weighted by Crippen LogP contribution is 2.27. The number of nitrogens with zero attached hydrogens (tertiary/aromatic N) is 1. The van der Waals surface area contributed by atoms with Crippen LogP contribution in [0.15, 0.2) is 27.4 Å². The van der Waals surface area contributed by atoms with Crippen LogP contribution in [0.2, 0.25) is 0 Å². The number of oxazole rings is 1. The van der Waals surface area contributed by atoms with Gasteiger partial charge in [0.05, 0.1) is 17.5 Å². The number of aromatic nitrogens is 1. The van der Waals surface area contributed by atoms with E-state index in [1.165, 1.54) is 0 Å². The topological polar surface area (TPSA) is 95.8 Å². The molecule has 0 amide bonds. The van der Waals surface area contributed by atoms with Crippen molar-refractivity contribution in [1.82, 2.24) is 4.98 Å². The largest absolute Gasteiger partial charge is 0.417 e. The Balaban J connectivity index is 2.41. The third kappa shape index (κ3) is 2.15. The smallest absolute Gasteiger partial charge is 0.408 e. The third-order valence-corrected chi connectivity index (χ3v) is 3.08. The van der Waals surface area contributed by atoms with E-state index in [2.05, 4.69) is 11.1 Å². The zero-order valence-electron chi connectivity index (χ0n) is 10.3. The highest BCUT2D eigenvalue weighted by Gasteiger charge is 2.22. The number of H-pyrrole nitrogens is 1. The molecule has 2 atom stereocenters. The molecule has 5 nitrogen and oxygen atoms in total. The summed E-state index contributed by atoms with van der Waals surface area (Å²) in [5.74, 6) is -0.582. The van der Waals surface area contributed by atoms with Crippen LogP contribution in [0.25, 0.3) is 11.1 Å². The van der Waals surface area contributed by atoms with Gasteiger partial charge in [-0.1, -0.05) is 19.9 Å². The lowest BCUT2D eigenvalue weighted by Crippen LogP contribution is -2.24. The molecule has 5 heteroatoms. The van der Waals surface area contributed by atoms with Crippen molar-refractivity contribution in [2.45, 2.75) is 19.9 Å². The average molecular weight is 245 g/mol. The zero-order chi connectivity index (χ0) is 13.3. The Hall–Kier alpha value is -2.06. The second-order valence-electron chi connectivity index (χ2n) is 4.69. The van der Waals surface area contributed by atoms with Crippen LogP contribution >= 0.6 is 0 Å². The zero-order valence-corrected chi connectivity index (χ0v) is 10.3. The molecular formula is C13H15N3O2. The molecule has 0 radical (unpaired) electrons. The predicted octanol–water partition coefficient (Wildman–Crippen LogP) is 1.92. The van der Waals surface area contributed by atoms with Crippen LogP contribution in [0.1, 0.15) is 25.5 Å². The first-order valence-corrected chi connectivity index (χ1v) is 5.81. The van der Waals surface area contributed by atoms with E-state index in [1.54, 1.807) is 18.2 Å². The molecule has 1 aromatic carbocycles. The maximum Gasteiger partial charge on any atom is 0.417 e. The van der Waals surface area contributed by atoms with Gasteiger partial charge in [0.15, 0.2) is 5.58 Å². The summed E-state index contributed by atoms with van der Waals surface area (Å²) in [5.41, 5.74) is 8.02. The number of hydrogen-bond donors (Lipinski definition) is 2. The Morgan fingerprint density at radius 1 is 1.44 bits per heavy atom. The van der Waals surface area contributed by atoms with E-state index >= 15 is 0 Å². The number of nitriles is 1. The van der Waals surface area contributed by atoms with Crippen molar-refractivity contribution < 1.29 is 4.42 Å². The van der Waals surface area contributed by atoms with Gasteiger partial charge >= 0.3 is 5.76 Å². The molecule has 2 rings (SSSR count). The van der Waals surface area contributed by atoms with Crippen molar-refractivity contribution in [2.75, 3.05) is 0 Å². The Labute approximate surface area is 104 Å². The highest BCUT2D eigenvalue weighted by atomic mass is 16.4. The normalized spacial score (nSPS) is 14.6. The number of rotatable bonds is 3. The van der Waals surface area contributed by atoms with E-state index in [0.29, 0.717) is 11.1 Å². The molecule has 0 saturated heterocycles. The molecule has 2 unspecified atom stereocenters. The van der Waals surface area contributed by atoms with Crippen molar-refractivity contribution in [2.24, 2.45) is 17.6 Å². The number of hydrogen-bond acceptors (Lipinski definition) is 4. The van der Waals surface area contributed by atoms with Crippen LogP contribution in [0, 0.1) is 23.2 Å². The van der Waals surface area contributed by atoms with E-state index in [-0.39, 0.29) is 17.9 Å². The van der Waals surface area contributed by atoms with Gasteiger partial charge in [-0.25, -0.2) is 4.79 Å². The summed E-state index contributed by atoms with van der Waals surface area (Å²) in [6.45, 7) is 3.93. The maximum atomic E-state index is 11.1. The molecule has 0 aliphatic carbocycles. The van der Waals surface area contributed by atoms with E-state index in [9.17, 15) is 4.79 Å². The van der Waals surface area contributed by atoms with Crippen LogP contribution in [0.5, 0.6) is 0 Å². The first-order chi connectivity index (χ1) is 8.52. The second kappa shape index (κ2) is 4.67. The van der Waals surface area contributed by atoms with E-state index in [1.807, 2.05) is 13.8 Å². The van der Waals surface area contributed by atoms with Crippen molar-refractivity contribution in [3.05, 3.63) is 34.3 Å². The minimum absolute atomic E-state index is 0.170. The van der Waals surface area contributed by atoms with E-state index < -0.39 is 5.76 Å². The van der Waals surface area contributed by atoms with Crippen molar-refractivity contribution in [1.29, 1.82) is 5.26 Å². The fourth-order valence-electron chi connectivity index (χ4n) is 2.03. The van der Waals surface area contributed by atoms with Crippen LogP contribution < -0.4 is 11.5 Å². The number of nitrogens with two attached hydrogens (primary N) is 1. The van der Waals surface area contributed by atoms with Gasteiger partial charge in [0.1, 0.15) is 0 Å². The molecule has 0 bridgehead atoms. The lowest BCUT2D eigenvalue weighted by molar-refractivity contribution is 0.404. The van der Waals surface area contributed by atoms with Gasteiger partial charge in [0.2, 0.25) is 0 Å². The Morgan fingerprint density at radius 2 is 2.17 bits per heavy atom. The molecule has 3 N–H and O–H groups in total. The standard InChI is InChI=1S/C13H15N3O2/c1-7(2)9(6-14)12(15)8-3-4-11-10(5-8)16-13(17)18-11/h3-5,7,9,12H,15H2,1-2H3,(H,16,17). The quantitative estimate of drug-likeness (QED) is 0.863. The summed E-state index contributed by atoms with van der Waals surface area (Å²) >= 11 is 0. The minimum Gasteiger partial charge on any atom is -0.408 e. The van der Waals surface area contributed by atoms with E-state index in [4.69, 9.17) is 15.4 Å². The summed E-state index contributed by atoms with van der Waals surface area (Å²) in [6, 6.07) is 7.10. The number of benzene rings is 1. The van der Waals surface area contributed by atoms with Gasteiger partial charge < -0.3 is 10.2 Å². The van der Waals surface area contributed by atoms with Gasteiger partial charge in [-0.15, -0.1) is 0 Å². The number of fused-ring (bicyclic) bond motifs is 1. The molecule has 2 aromatic rings. The first-order valence-electron chi connectivity index (χ1n) is 5.81. The fraction of sp³-hybridized carbons (Fsp3) is 0.385. The fourth-order valence-corrected chi connectivity index (χ4v) is 2.03. The van der Waals surface area contributed by atoms with Gasteiger partial charge in [0.25, 0.3) is 0 Å². The third-order valence-electron chi connectivity index (χ3n) is 3.08. The van der Waals surface area contributed by atoms with Gasteiger partial charge in [0, 0.05) is 6.04 Å². The number of aromatic amines is 1. The highest BCUT2D eigenvalue weighted by molar-refractivity contribution is 5.72. The molecule has 1 aromatic heterocycles. The van der Waals surface area contributed by atoms with Crippen molar-refractivity contribution in [3.63, 3.8) is 0 Å². The molecule has 0 saturated carbocycles. The monoisotopic (exact) mass is 245 g/mol. The van der Waals surface area contributed by atoms with Crippen molar-refractivity contribution >= 4 is 11.1 Å². The second-order valence-corrected chi connectivity index (χ2v) is 4.69. The summed E-state index contributed by atoms with van der Waals surface area (Å²) in [5, 5.41) is 9.14. The molecule has 1 heterocycles. The summed E-state index contributed by atoms with van der Waals surface area (Å²) < 4.78 is 4.92. The van der Waals surface area contributed by atoms with Gasteiger partial charge in [-0.2, -0.15) is 5.26 Å². The Bertz CT molecular complexity index is 648. The van der Waals surface area contributed by atoms with Crippen molar-refractivity contribution in [3.8, 4) is 6.07 Å². The molecule has 94 valence electrons. The SMILES string of the molecule is CC(C)C(C#N)C(N)c1ccc2oc(=O)[nH]c2c1. The molecule has 18 heavy (non-hydrogen) atoms. The molecule has 0 aliphatic heterocycles. The maximum absolute atomic E-state index is 11.1. The Morgan fingerprint density at radius 3 is 2.78 bits per heavy atom. The van der Waals surface area contributed by atoms with Crippen LogP contribution in [0.3, 0.4) is 0 Å². The summed E-state index contributed by atoms with van der Waals surface area (Å²) in [4.78, 5) is 13.6. The molecule has 0 aliphatic rings. The molecular weight excluding hydrogens is 230 g/mol. The average Bonchev–Trinajstić information content (AvgIpc) is 2.68. The summed E-state index contributed by atoms with van der Waals surface area (Å²) in [6.07, 6.45) is 0. The predicted molar refractivity (Wildman–Crippen MR) is 67.7 cm³/mol. The first kappa shape index (κ1) is 12.4.